The number of aliphatic hydroxyl groups is 1. The van der Waals surface area contributed by atoms with Crippen LogP contribution in [0.1, 0.15) is 33.9 Å². The molecule has 18 heavy (non-hydrogen) atoms. The van der Waals surface area contributed by atoms with E-state index in [0.29, 0.717) is 0 Å². The Labute approximate surface area is 117 Å². The summed E-state index contributed by atoms with van der Waals surface area (Å²) in [6.07, 6.45) is -0.567. The van der Waals surface area contributed by atoms with Crippen molar-refractivity contribution >= 4 is 15.9 Å². The molecule has 0 aliphatic carbocycles. The summed E-state index contributed by atoms with van der Waals surface area (Å²) in [4.78, 5) is 0. The lowest BCUT2D eigenvalue weighted by atomic mass is 9.93. The highest BCUT2D eigenvalue weighted by Gasteiger charge is 2.16. The van der Waals surface area contributed by atoms with Gasteiger partial charge in [0.05, 0.1) is 0 Å². The summed E-state index contributed by atoms with van der Waals surface area (Å²) < 4.78 is 1.03. The fourth-order valence-electron chi connectivity index (χ4n) is 2.16. The second kappa shape index (κ2) is 5.25. The average Bonchev–Trinajstić information content (AvgIpc) is 2.35. The third kappa shape index (κ3) is 2.36. The molecule has 0 aromatic heterocycles. The molecule has 0 amide bonds. The Hall–Kier alpha value is -1.12. The number of rotatable bonds is 2. The van der Waals surface area contributed by atoms with E-state index in [1.54, 1.807) is 0 Å². The van der Waals surface area contributed by atoms with Crippen LogP contribution < -0.4 is 0 Å². The third-order valence-electron chi connectivity index (χ3n) is 3.55. The van der Waals surface area contributed by atoms with Gasteiger partial charge in [0, 0.05) is 4.47 Å². The summed E-state index contributed by atoms with van der Waals surface area (Å²) in [7, 11) is 0. The van der Waals surface area contributed by atoms with Gasteiger partial charge in [-0.1, -0.05) is 46.3 Å². The summed E-state index contributed by atoms with van der Waals surface area (Å²) in [5.41, 5.74) is 5.39. The SMILES string of the molecule is Cc1cccc(C(O)c2cccc(Br)c2C)c1C. The average molecular weight is 305 g/mol. The Kier molecular flexibility index (Phi) is 3.88. The molecule has 0 bridgehead atoms. The first-order valence-electron chi connectivity index (χ1n) is 6.01. The van der Waals surface area contributed by atoms with Crippen molar-refractivity contribution in [3.05, 3.63) is 68.7 Å². The Morgan fingerprint density at radius 2 is 1.44 bits per heavy atom. The minimum Gasteiger partial charge on any atom is -0.384 e. The van der Waals surface area contributed by atoms with Gasteiger partial charge >= 0.3 is 0 Å². The summed E-state index contributed by atoms with van der Waals surface area (Å²) in [6, 6.07) is 12.0. The maximum Gasteiger partial charge on any atom is 0.105 e. The molecule has 2 heteroatoms. The number of hydrogen-bond acceptors (Lipinski definition) is 1. The van der Waals surface area contributed by atoms with Crippen LogP contribution in [0.15, 0.2) is 40.9 Å². The number of aliphatic hydroxyl groups excluding tert-OH is 1. The highest BCUT2D eigenvalue weighted by molar-refractivity contribution is 9.10. The highest BCUT2D eigenvalue weighted by atomic mass is 79.9. The van der Waals surface area contributed by atoms with Crippen molar-refractivity contribution < 1.29 is 5.11 Å². The van der Waals surface area contributed by atoms with Crippen LogP contribution in [-0.4, -0.2) is 5.11 Å². The van der Waals surface area contributed by atoms with Crippen LogP contribution in [0.25, 0.3) is 0 Å². The molecule has 0 spiro atoms. The smallest absolute Gasteiger partial charge is 0.105 e. The first-order chi connectivity index (χ1) is 8.52. The highest BCUT2D eigenvalue weighted by Crippen LogP contribution is 2.31. The standard InChI is InChI=1S/C16H17BrO/c1-10-6-4-7-13(11(10)2)16(18)14-8-5-9-15(17)12(14)3/h4-9,16,18H,1-3H3. The normalized spacial score (nSPS) is 12.5. The molecule has 0 aliphatic heterocycles. The molecule has 1 N–H and O–H groups in total. The summed E-state index contributed by atoms with van der Waals surface area (Å²) in [5.74, 6) is 0. The largest absolute Gasteiger partial charge is 0.384 e. The second-order valence-electron chi connectivity index (χ2n) is 4.65. The molecule has 2 rings (SSSR count). The van der Waals surface area contributed by atoms with Crippen LogP contribution in [0.4, 0.5) is 0 Å². The molecule has 0 heterocycles. The van der Waals surface area contributed by atoms with Crippen molar-refractivity contribution in [3.63, 3.8) is 0 Å². The first kappa shape index (κ1) is 13.3. The van der Waals surface area contributed by atoms with E-state index in [9.17, 15) is 5.11 Å². The van der Waals surface area contributed by atoms with Crippen LogP contribution in [0.3, 0.4) is 0 Å². The zero-order chi connectivity index (χ0) is 13.3. The van der Waals surface area contributed by atoms with Crippen LogP contribution in [0, 0.1) is 20.8 Å². The number of halogens is 1. The lowest BCUT2D eigenvalue weighted by Gasteiger charge is -2.18. The predicted molar refractivity (Wildman–Crippen MR) is 78.9 cm³/mol. The Balaban J connectivity index is 2.51. The van der Waals surface area contributed by atoms with Crippen LogP contribution in [0.2, 0.25) is 0 Å². The van der Waals surface area contributed by atoms with Gasteiger partial charge in [-0.15, -0.1) is 0 Å². The van der Waals surface area contributed by atoms with Gasteiger partial charge < -0.3 is 5.11 Å². The minimum absolute atomic E-state index is 0.567. The van der Waals surface area contributed by atoms with E-state index in [2.05, 4.69) is 35.8 Å². The molecule has 0 fully saturated rings. The van der Waals surface area contributed by atoms with Gasteiger partial charge in [-0.3, -0.25) is 0 Å². The van der Waals surface area contributed by atoms with Gasteiger partial charge in [0.1, 0.15) is 6.10 Å². The van der Waals surface area contributed by atoms with Crippen LogP contribution >= 0.6 is 15.9 Å². The van der Waals surface area contributed by atoms with Crippen LogP contribution in [0.5, 0.6) is 0 Å². The van der Waals surface area contributed by atoms with Crippen molar-refractivity contribution in [1.29, 1.82) is 0 Å². The lowest BCUT2D eigenvalue weighted by Crippen LogP contribution is -2.05. The van der Waals surface area contributed by atoms with E-state index in [4.69, 9.17) is 0 Å². The van der Waals surface area contributed by atoms with Crippen molar-refractivity contribution in [2.45, 2.75) is 26.9 Å². The Morgan fingerprint density at radius 3 is 2.11 bits per heavy atom. The molecule has 1 unspecified atom stereocenters. The monoisotopic (exact) mass is 304 g/mol. The zero-order valence-electron chi connectivity index (χ0n) is 10.9. The van der Waals surface area contributed by atoms with E-state index in [-0.39, 0.29) is 0 Å². The molecule has 0 aliphatic rings. The molecular formula is C16H17BrO. The van der Waals surface area contributed by atoms with Gasteiger partial charge in [0.25, 0.3) is 0 Å². The van der Waals surface area contributed by atoms with Gasteiger partial charge in [-0.05, 0) is 54.7 Å². The van der Waals surface area contributed by atoms with Crippen molar-refractivity contribution in [2.24, 2.45) is 0 Å². The zero-order valence-corrected chi connectivity index (χ0v) is 12.5. The second-order valence-corrected chi connectivity index (χ2v) is 5.50. The fourth-order valence-corrected chi connectivity index (χ4v) is 2.54. The van der Waals surface area contributed by atoms with E-state index in [1.165, 1.54) is 5.56 Å². The number of benzene rings is 2. The maximum atomic E-state index is 10.6. The topological polar surface area (TPSA) is 20.2 Å². The van der Waals surface area contributed by atoms with Crippen LogP contribution in [-0.2, 0) is 0 Å². The first-order valence-corrected chi connectivity index (χ1v) is 6.81. The molecule has 1 nitrogen and oxygen atoms in total. The summed E-state index contributed by atoms with van der Waals surface area (Å²) >= 11 is 3.51. The van der Waals surface area contributed by atoms with E-state index >= 15 is 0 Å². The van der Waals surface area contributed by atoms with E-state index in [0.717, 1.165) is 26.7 Å². The number of aryl methyl sites for hydroxylation is 1. The molecule has 2 aromatic carbocycles. The maximum absolute atomic E-state index is 10.6. The van der Waals surface area contributed by atoms with Crippen molar-refractivity contribution in [3.8, 4) is 0 Å². The van der Waals surface area contributed by atoms with Gasteiger partial charge in [0.2, 0.25) is 0 Å². The molecule has 0 radical (unpaired) electrons. The molecular weight excluding hydrogens is 288 g/mol. The molecule has 1 atom stereocenters. The predicted octanol–water partition coefficient (Wildman–Crippen LogP) is 4.46. The van der Waals surface area contributed by atoms with Gasteiger partial charge in [-0.2, -0.15) is 0 Å². The lowest BCUT2D eigenvalue weighted by molar-refractivity contribution is 0.218. The molecule has 94 valence electrons. The molecule has 0 saturated carbocycles. The number of hydrogen-bond donors (Lipinski definition) is 1. The fraction of sp³-hybridized carbons (Fsp3) is 0.250. The molecule has 2 aromatic rings. The van der Waals surface area contributed by atoms with Crippen molar-refractivity contribution in [1.82, 2.24) is 0 Å². The third-order valence-corrected chi connectivity index (χ3v) is 4.40. The van der Waals surface area contributed by atoms with Crippen molar-refractivity contribution in [2.75, 3.05) is 0 Å². The van der Waals surface area contributed by atoms with Gasteiger partial charge in [0.15, 0.2) is 0 Å². The van der Waals surface area contributed by atoms with Gasteiger partial charge in [-0.25, -0.2) is 0 Å². The quantitative estimate of drug-likeness (QED) is 0.868. The Bertz CT molecular complexity index is 524. The van der Waals surface area contributed by atoms with E-state index in [1.807, 2.05) is 37.3 Å². The molecule has 0 saturated heterocycles. The minimum atomic E-state index is -0.567. The van der Waals surface area contributed by atoms with E-state index < -0.39 is 6.10 Å². The Morgan fingerprint density at radius 1 is 0.889 bits per heavy atom. The summed E-state index contributed by atoms with van der Waals surface area (Å²) in [6.45, 7) is 6.15. The summed E-state index contributed by atoms with van der Waals surface area (Å²) in [5, 5.41) is 10.6.